The van der Waals surface area contributed by atoms with E-state index in [1.807, 2.05) is 25.7 Å². The summed E-state index contributed by atoms with van der Waals surface area (Å²) in [6, 6.07) is 4.47. The van der Waals surface area contributed by atoms with Crippen LogP contribution in [0.2, 0.25) is 0 Å². The van der Waals surface area contributed by atoms with Gasteiger partial charge >= 0.3 is 0 Å². The molecule has 1 aromatic carbocycles. The van der Waals surface area contributed by atoms with Crippen LogP contribution < -0.4 is 10.2 Å². The third-order valence-electron chi connectivity index (χ3n) is 4.21. The first-order valence-corrected chi connectivity index (χ1v) is 8.75. The number of halogens is 1. The van der Waals surface area contributed by atoms with Gasteiger partial charge in [-0.25, -0.2) is 4.39 Å². The van der Waals surface area contributed by atoms with E-state index in [4.69, 9.17) is 0 Å². The lowest BCUT2D eigenvalue weighted by Gasteiger charge is -2.26. The second-order valence-corrected chi connectivity index (χ2v) is 7.79. The second kappa shape index (κ2) is 7.85. The Hall–Kier alpha value is -2.11. The van der Waals surface area contributed by atoms with E-state index in [0.717, 1.165) is 25.2 Å². The van der Waals surface area contributed by atoms with Gasteiger partial charge in [0.25, 0.3) is 0 Å². The van der Waals surface area contributed by atoms with Crippen molar-refractivity contribution in [3.8, 4) is 0 Å². The lowest BCUT2D eigenvalue weighted by Crippen LogP contribution is -2.34. The van der Waals surface area contributed by atoms with E-state index in [1.54, 1.807) is 13.0 Å². The molecule has 0 bridgehead atoms. The Morgan fingerprint density at radius 1 is 1.16 bits per heavy atom. The summed E-state index contributed by atoms with van der Waals surface area (Å²) in [5, 5.41) is 2.86. The van der Waals surface area contributed by atoms with Crippen LogP contribution in [-0.2, 0) is 9.59 Å². The molecule has 0 aliphatic carbocycles. The number of amides is 2. The first-order valence-electron chi connectivity index (χ1n) is 8.75. The van der Waals surface area contributed by atoms with Crippen LogP contribution in [-0.4, -0.2) is 42.9 Å². The lowest BCUT2D eigenvalue weighted by atomic mass is 9.92. The van der Waals surface area contributed by atoms with Crippen molar-refractivity contribution in [2.24, 2.45) is 5.41 Å². The van der Waals surface area contributed by atoms with Gasteiger partial charge in [-0.15, -0.1) is 0 Å². The maximum absolute atomic E-state index is 13.7. The SMILES string of the molecule is CC(=O)N1CCCN(c2ccc(F)cc2NC(=O)CC(C)(C)C)CC1. The Kier molecular flexibility index (Phi) is 6.03. The van der Waals surface area contributed by atoms with Crippen molar-refractivity contribution in [1.29, 1.82) is 0 Å². The van der Waals surface area contributed by atoms with Crippen LogP contribution in [0.25, 0.3) is 0 Å². The van der Waals surface area contributed by atoms with E-state index in [2.05, 4.69) is 10.2 Å². The third kappa shape index (κ3) is 5.73. The van der Waals surface area contributed by atoms with E-state index in [9.17, 15) is 14.0 Å². The highest BCUT2D eigenvalue weighted by Crippen LogP contribution is 2.29. The molecule has 0 spiro atoms. The molecule has 1 heterocycles. The summed E-state index contributed by atoms with van der Waals surface area (Å²) in [5.41, 5.74) is 1.15. The molecule has 0 unspecified atom stereocenters. The Bertz CT molecular complexity index is 640. The minimum atomic E-state index is -0.380. The van der Waals surface area contributed by atoms with E-state index >= 15 is 0 Å². The van der Waals surface area contributed by atoms with Crippen molar-refractivity contribution in [1.82, 2.24) is 4.90 Å². The molecule has 1 N–H and O–H groups in total. The van der Waals surface area contributed by atoms with Gasteiger partial charge in [-0.05, 0) is 30.0 Å². The van der Waals surface area contributed by atoms with Gasteiger partial charge in [0, 0.05) is 39.5 Å². The molecule has 0 aromatic heterocycles. The molecular formula is C19H28FN3O2. The van der Waals surface area contributed by atoms with Crippen LogP contribution in [0.1, 0.15) is 40.5 Å². The fourth-order valence-electron chi connectivity index (χ4n) is 3.03. The Morgan fingerprint density at radius 2 is 1.88 bits per heavy atom. The molecule has 1 aromatic rings. The number of hydrogen-bond donors (Lipinski definition) is 1. The minimum absolute atomic E-state index is 0.0691. The van der Waals surface area contributed by atoms with E-state index in [-0.39, 0.29) is 23.0 Å². The highest BCUT2D eigenvalue weighted by atomic mass is 19.1. The first-order chi connectivity index (χ1) is 11.7. The molecule has 0 saturated carbocycles. The zero-order valence-electron chi connectivity index (χ0n) is 15.6. The molecule has 0 atom stereocenters. The molecule has 138 valence electrons. The van der Waals surface area contributed by atoms with Crippen molar-refractivity contribution in [2.45, 2.75) is 40.5 Å². The van der Waals surface area contributed by atoms with Crippen molar-refractivity contribution >= 4 is 23.2 Å². The molecule has 1 saturated heterocycles. The van der Waals surface area contributed by atoms with E-state index in [1.165, 1.54) is 12.1 Å². The molecule has 1 aliphatic rings. The zero-order valence-corrected chi connectivity index (χ0v) is 15.6. The second-order valence-electron chi connectivity index (χ2n) is 7.79. The van der Waals surface area contributed by atoms with Crippen LogP contribution in [0.4, 0.5) is 15.8 Å². The standard InChI is InChI=1S/C19H28FN3O2/c1-14(24)22-8-5-9-23(11-10-22)17-7-6-15(20)12-16(17)21-18(25)13-19(2,3)4/h6-7,12H,5,8-11,13H2,1-4H3,(H,21,25). The molecule has 1 fully saturated rings. The van der Waals surface area contributed by atoms with Gasteiger partial charge in [0.15, 0.2) is 0 Å². The van der Waals surface area contributed by atoms with Gasteiger partial charge in [-0.2, -0.15) is 0 Å². The summed E-state index contributed by atoms with van der Waals surface area (Å²) in [7, 11) is 0. The number of benzene rings is 1. The monoisotopic (exact) mass is 349 g/mol. The summed E-state index contributed by atoms with van der Waals surface area (Å²) in [4.78, 5) is 27.8. The minimum Gasteiger partial charge on any atom is -0.368 e. The maximum atomic E-state index is 13.7. The number of nitrogens with one attached hydrogen (secondary N) is 1. The highest BCUT2D eigenvalue weighted by molar-refractivity contribution is 5.94. The normalized spacial score (nSPS) is 15.7. The predicted molar refractivity (Wildman–Crippen MR) is 98.2 cm³/mol. The van der Waals surface area contributed by atoms with Crippen molar-refractivity contribution < 1.29 is 14.0 Å². The van der Waals surface area contributed by atoms with Gasteiger partial charge in [-0.1, -0.05) is 20.8 Å². The smallest absolute Gasteiger partial charge is 0.224 e. The summed E-state index contributed by atoms with van der Waals surface area (Å²) in [6.45, 7) is 10.3. The van der Waals surface area contributed by atoms with Crippen LogP contribution in [0.15, 0.2) is 18.2 Å². The summed E-state index contributed by atoms with van der Waals surface area (Å²) in [6.07, 6.45) is 1.20. The van der Waals surface area contributed by atoms with Crippen LogP contribution in [0, 0.1) is 11.2 Å². The van der Waals surface area contributed by atoms with Crippen LogP contribution in [0.5, 0.6) is 0 Å². The van der Waals surface area contributed by atoms with Gasteiger partial charge in [-0.3, -0.25) is 9.59 Å². The molecule has 2 rings (SSSR count). The number of anilines is 2. The quantitative estimate of drug-likeness (QED) is 0.911. The summed E-state index contributed by atoms with van der Waals surface area (Å²) >= 11 is 0. The largest absolute Gasteiger partial charge is 0.368 e. The molecule has 2 amide bonds. The van der Waals surface area contributed by atoms with Crippen LogP contribution >= 0.6 is 0 Å². The van der Waals surface area contributed by atoms with Gasteiger partial charge in [0.1, 0.15) is 5.82 Å². The third-order valence-corrected chi connectivity index (χ3v) is 4.21. The van der Waals surface area contributed by atoms with Gasteiger partial charge < -0.3 is 15.1 Å². The Morgan fingerprint density at radius 3 is 2.52 bits per heavy atom. The molecule has 1 aliphatic heterocycles. The topological polar surface area (TPSA) is 52.7 Å². The fourth-order valence-corrected chi connectivity index (χ4v) is 3.03. The zero-order chi connectivity index (χ0) is 18.6. The average Bonchev–Trinajstić information content (AvgIpc) is 2.71. The number of carbonyl (C=O) groups excluding carboxylic acids is 2. The number of hydrogen-bond acceptors (Lipinski definition) is 3. The molecular weight excluding hydrogens is 321 g/mol. The van der Waals surface area contributed by atoms with Gasteiger partial charge in [0.05, 0.1) is 11.4 Å². The van der Waals surface area contributed by atoms with Crippen molar-refractivity contribution in [3.05, 3.63) is 24.0 Å². The summed E-state index contributed by atoms with van der Waals surface area (Å²) < 4.78 is 13.7. The number of nitrogens with zero attached hydrogens (tertiary/aromatic N) is 2. The fraction of sp³-hybridized carbons (Fsp3) is 0.579. The van der Waals surface area contributed by atoms with Crippen molar-refractivity contribution in [3.63, 3.8) is 0 Å². The number of rotatable bonds is 3. The van der Waals surface area contributed by atoms with Gasteiger partial charge in [0.2, 0.25) is 11.8 Å². The predicted octanol–water partition coefficient (Wildman–Crippen LogP) is 3.26. The highest BCUT2D eigenvalue weighted by Gasteiger charge is 2.21. The van der Waals surface area contributed by atoms with Crippen molar-refractivity contribution in [2.75, 3.05) is 36.4 Å². The van der Waals surface area contributed by atoms with Crippen LogP contribution in [0.3, 0.4) is 0 Å². The van der Waals surface area contributed by atoms with E-state index in [0.29, 0.717) is 25.2 Å². The molecule has 25 heavy (non-hydrogen) atoms. The maximum Gasteiger partial charge on any atom is 0.224 e. The van der Waals surface area contributed by atoms with E-state index < -0.39 is 0 Å². The number of carbonyl (C=O) groups is 2. The first kappa shape index (κ1) is 19.2. The lowest BCUT2D eigenvalue weighted by molar-refractivity contribution is -0.128. The molecule has 0 radical (unpaired) electrons. The summed E-state index contributed by atoms with van der Waals surface area (Å²) in [5.74, 6) is -0.436. The Balaban J connectivity index is 2.17. The molecule has 6 heteroatoms. The average molecular weight is 349 g/mol. The Labute approximate surface area is 149 Å². The molecule has 5 nitrogen and oxygen atoms in total.